The van der Waals surface area contributed by atoms with E-state index >= 15 is 0 Å². The van der Waals surface area contributed by atoms with E-state index in [1.54, 1.807) is 0 Å². The van der Waals surface area contributed by atoms with E-state index in [9.17, 15) is 14.7 Å². The standard InChI is InChI=1S/C18H17NO3/c1-18(12-11-16(20)19(18)17(21)22)15-9-7-14(8-10-15)13-5-3-2-4-6-13/h2-10H,11-12H2,1H3,(H,21,22)/t18-/m0/s1. The van der Waals surface area contributed by atoms with Crippen molar-refractivity contribution in [1.29, 1.82) is 0 Å². The number of nitrogens with zero attached hydrogens (tertiary/aromatic N) is 1. The van der Waals surface area contributed by atoms with Crippen LogP contribution < -0.4 is 0 Å². The molecule has 112 valence electrons. The summed E-state index contributed by atoms with van der Waals surface area (Å²) >= 11 is 0. The number of carbonyl (C=O) groups is 2. The summed E-state index contributed by atoms with van der Waals surface area (Å²) in [6, 6.07) is 17.7. The predicted molar refractivity (Wildman–Crippen MR) is 83.3 cm³/mol. The molecule has 0 radical (unpaired) electrons. The number of benzene rings is 2. The molecule has 0 unspecified atom stereocenters. The van der Waals surface area contributed by atoms with Crippen molar-refractivity contribution in [3.05, 3.63) is 60.2 Å². The smallest absolute Gasteiger partial charge is 0.414 e. The third kappa shape index (κ3) is 2.26. The fourth-order valence-electron chi connectivity index (χ4n) is 3.09. The Balaban J connectivity index is 1.96. The highest BCUT2D eigenvalue weighted by molar-refractivity contribution is 5.94. The Morgan fingerprint density at radius 3 is 2.23 bits per heavy atom. The van der Waals surface area contributed by atoms with Crippen LogP contribution in [-0.4, -0.2) is 22.0 Å². The molecule has 0 aromatic heterocycles. The lowest BCUT2D eigenvalue weighted by Gasteiger charge is -2.32. The fraction of sp³-hybridized carbons (Fsp3) is 0.222. The van der Waals surface area contributed by atoms with Crippen LogP contribution in [0.15, 0.2) is 54.6 Å². The summed E-state index contributed by atoms with van der Waals surface area (Å²) < 4.78 is 0. The number of carbonyl (C=O) groups excluding carboxylic acids is 1. The van der Waals surface area contributed by atoms with Gasteiger partial charge in [-0.3, -0.25) is 4.79 Å². The highest BCUT2D eigenvalue weighted by Crippen LogP contribution is 2.39. The maximum absolute atomic E-state index is 11.8. The monoisotopic (exact) mass is 295 g/mol. The van der Waals surface area contributed by atoms with Crippen LogP contribution in [0.4, 0.5) is 4.79 Å². The normalized spacial score (nSPS) is 21.1. The van der Waals surface area contributed by atoms with Crippen LogP contribution in [0.1, 0.15) is 25.3 Å². The minimum Gasteiger partial charge on any atom is -0.465 e. The van der Waals surface area contributed by atoms with Crippen LogP contribution in [0.2, 0.25) is 0 Å². The molecule has 22 heavy (non-hydrogen) atoms. The van der Waals surface area contributed by atoms with Gasteiger partial charge in [0, 0.05) is 6.42 Å². The Hall–Kier alpha value is -2.62. The zero-order chi connectivity index (χ0) is 15.7. The van der Waals surface area contributed by atoms with Crippen molar-refractivity contribution in [2.24, 2.45) is 0 Å². The van der Waals surface area contributed by atoms with E-state index in [1.165, 1.54) is 0 Å². The number of rotatable bonds is 2. The second kappa shape index (κ2) is 5.30. The van der Waals surface area contributed by atoms with Gasteiger partial charge in [-0.1, -0.05) is 54.6 Å². The number of likely N-dealkylation sites (tertiary alicyclic amines) is 1. The summed E-state index contributed by atoms with van der Waals surface area (Å²) in [6.07, 6.45) is -0.399. The van der Waals surface area contributed by atoms with Crippen molar-refractivity contribution in [1.82, 2.24) is 4.90 Å². The number of hydrogen-bond donors (Lipinski definition) is 1. The largest absolute Gasteiger partial charge is 0.465 e. The fourth-order valence-corrected chi connectivity index (χ4v) is 3.09. The molecule has 1 atom stereocenters. The molecule has 3 rings (SSSR count). The molecule has 0 saturated carbocycles. The van der Waals surface area contributed by atoms with E-state index in [1.807, 2.05) is 61.5 Å². The molecule has 2 aromatic carbocycles. The van der Waals surface area contributed by atoms with Gasteiger partial charge in [-0.25, -0.2) is 9.69 Å². The van der Waals surface area contributed by atoms with Crippen LogP contribution in [0.5, 0.6) is 0 Å². The van der Waals surface area contributed by atoms with Gasteiger partial charge in [0.1, 0.15) is 0 Å². The lowest BCUT2D eigenvalue weighted by atomic mass is 9.88. The topological polar surface area (TPSA) is 57.6 Å². The minimum absolute atomic E-state index is 0.267. The average molecular weight is 295 g/mol. The Morgan fingerprint density at radius 1 is 1.05 bits per heavy atom. The molecular weight excluding hydrogens is 278 g/mol. The Labute approximate surface area is 129 Å². The van der Waals surface area contributed by atoms with Crippen LogP contribution in [-0.2, 0) is 10.3 Å². The molecule has 2 amide bonds. The third-order valence-electron chi connectivity index (χ3n) is 4.37. The van der Waals surface area contributed by atoms with Crippen LogP contribution >= 0.6 is 0 Å². The molecule has 0 aliphatic carbocycles. The Bertz CT molecular complexity index is 709. The molecule has 4 nitrogen and oxygen atoms in total. The summed E-state index contributed by atoms with van der Waals surface area (Å²) in [6.45, 7) is 1.81. The predicted octanol–water partition coefficient (Wildman–Crippen LogP) is 3.87. The maximum atomic E-state index is 11.8. The molecule has 1 aliphatic heterocycles. The van der Waals surface area contributed by atoms with Crippen molar-refractivity contribution >= 4 is 12.0 Å². The van der Waals surface area contributed by atoms with Gasteiger partial charge in [0.25, 0.3) is 0 Å². The summed E-state index contributed by atoms with van der Waals surface area (Å²) in [5, 5.41) is 9.32. The molecule has 0 spiro atoms. The van der Waals surface area contributed by atoms with Gasteiger partial charge in [0.2, 0.25) is 5.91 Å². The Morgan fingerprint density at radius 2 is 1.64 bits per heavy atom. The van der Waals surface area contributed by atoms with E-state index in [4.69, 9.17) is 0 Å². The van der Waals surface area contributed by atoms with Crippen molar-refractivity contribution in [3.63, 3.8) is 0 Å². The van der Waals surface area contributed by atoms with E-state index in [-0.39, 0.29) is 12.3 Å². The number of hydrogen-bond acceptors (Lipinski definition) is 2. The zero-order valence-electron chi connectivity index (χ0n) is 12.3. The first-order chi connectivity index (χ1) is 10.5. The second-order valence-electron chi connectivity index (χ2n) is 5.73. The molecule has 0 bridgehead atoms. The lowest BCUT2D eigenvalue weighted by Crippen LogP contribution is -2.44. The summed E-state index contributed by atoms with van der Waals surface area (Å²) in [7, 11) is 0. The van der Waals surface area contributed by atoms with Gasteiger partial charge in [0.05, 0.1) is 5.54 Å². The highest BCUT2D eigenvalue weighted by atomic mass is 16.4. The van der Waals surface area contributed by atoms with Crippen molar-refractivity contribution in [2.75, 3.05) is 0 Å². The lowest BCUT2D eigenvalue weighted by molar-refractivity contribution is -0.128. The first-order valence-corrected chi connectivity index (χ1v) is 7.24. The molecule has 1 heterocycles. The second-order valence-corrected chi connectivity index (χ2v) is 5.73. The molecule has 1 N–H and O–H groups in total. The van der Waals surface area contributed by atoms with Crippen molar-refractivity contribution < 1.29 is 14.7 Å². The third-order valence-corrected chi connectivity index (χ3v) is 4.37. The molecule has 1 fully saturated rings. The van der Waals surface area contributed by atoms with Crippen molar-refractivity contribution in [3.8, 4) is 11.1 Å². The van der Waals surface area contributed by atoms with E-state index < -0.39 is 11.6 Å². The summed E-state index contributed by atoms with van der Waals surface area (Å²) in [4.78, 5) is 24.2. The first-order valence-electron chi connectivity index (χ1n) is 7.24. The van der Waals surface area contributed by atoms with Crippen molar-refractivity contribution in [2.45, 2.75) is 25.3 Å². The molecular formula is C18H17NO3. The van der Waals surface area contributed by atoms with Gasteiger partial charge in [0.15, 0.2) is 0 Å². The molecule has 2 aromatic rings. The van der Waals surface area contributed by atoms with Crippen LogP contribution in [0.3, 0.4) is 0 Å². The first kappa shape index (κ1) is 14.3. The Kier molecular flexibility index (Phi) is 3.45. The van der Waals surface area contributed by atoms with Crippen LogP contribution in [0.25, 0.3) is 11.1 Å². The van der Waals surface area contributed by atoms with E-state index in [0.29, 0.717) is 6.42 Å². The van der Waals surface area contributed by atoms with Gasteiger partial charge in [-0.05, 0) is 30.0 Å². The molecule has 1 saturated heterocycles. The average Bonchev–Trinajstić information content (AvgIpc) is 2.85. The molecule has 1 aliphatic rings. The summed E-state index contributed by atoms with van der Waals surface area (Å²) in [5.74, 6) is -0.331. The van der Waals surface area contributed by atoms with Gasteiger partial charge < -0.3 is 5.11 Å². The quantitative estimate of drug-likeness (QED) is 0.915. The summed E-state index contributed by atoms with van der Waals surface area (Å²) in [5.41, 5.74) is 2.24. The van der Waals surface area contributed by atoms with E-state index in [0.717, 1.165) is 21.6 Å². The SMILES string of the molecule is C[C@@]1(c2ccc(-c3ccccc3)cc2)CCC(=O)N1C(=O)O. The van der Waals surface area contributed by atoms with Crippen LogP contribution in [0, 0.1) is 0 Å². The number of carboxylic acid groups (broad SMARTS) is 1. The van der Waals surface area contributed by atoms with Gasteiger partial charge in [-0.2, -0.15) is 0 Å². The van der Waals surface area contributed by atoms with Gasteiger partial charge in [-0.15, -0.1) is 0 Å². The zero-order valence-corrected chi connectivity index (χ0v) is 12.3. The maximum Gasteiger partial charge on any atom is 0.414 e. The number of imide groups is 1. The number of amides is 2. The van der Waals surface area contributed by atoms with E-state index in [2.05, 4.69) is 0 Å². The molecule has 4 heteroatoms. The minimum atomic E-state index is -1.18. The highest BCUT2D eigenvalue weighted by Gasteiger charge is 2.46. The van der Waals surface area contributed by atoms with Gasteiger partial charge >= 0.3 is 6.09 Å².